The Kier molecular flexibility index (Phi) is 4.71. The Balaban J connectivity index is 1.38. The van der Waals surface area contributed by atoms with Crippen LogP contribution in [0.1, 0.15) is 16.7 Å². The van der Waals surface area contributed by atoms with Crippen LogP contribution in [-0.4, -0.2) is 41.2 Å². The number of hydrogen-bond acceptors (Lipinski definition) is 5. The number of benzene rings is 2. The van der Waals surface area contributed by atoms with Crippen LogP contribution in [0.3, 0.4) is 0 Å². The van der Waals surface area contributed by atoms with Gasteiger partial charge in [-0.2, -0.15) is 4.98 Å². The summed E-state index contributed by atoms with van der Waals surface area (Å²) in [6.07, 6.45) is 0. The maximum atomic E-state index is 5.51. The van der Waals surface area contributed by atoms with E-state index in [1.165, 1.54) is 16.7 Å². The maximum absolute atomic E-state index is 5.51. The molecule has 26 heavy (non-hydrogen) atoms. The molecule has 0 saturated carbocycles. The molecule has 134 valence electrons. The van der Waals surface area contributed by atoms with E-state index >= 15 is 0 Å². The Hall–Kier alpha value is -2.66. The lowest BCUT2D eigenvalue weighted by molar-refractivity contribution is 0.242. The zero-order valence-electron chi connectivity index (χ0n) is 15.4. The smallest absolute Gasteiger partial charge is 0.322 e. The van der Waals surface area contributed by atoms with Gasteiger partial charge in [-0.15, -0.1) is 0 Å². The number of aromatic nitrogens is 2. The first-order chi connectivity index (χ1) is 12.7. The van der Waals surface area contributed by atoms with Gasteiger partial charge in [-0.25, -0.2) is 0 Å². The quantitative estimate of drug-likeness (QED) is 0.720. The van der Waals surface area contributed by atoms with Gasteiger partial charge in [0.2, 0.25) is 5.82 Å². The molecule has 5 nitrogen and oxygen atoms in total. The van der Waals surface area contributed by atoms with E-state index in [2.05, 4.69) is 70.2 Å². The second-order valence-electron chi connectivity index (χ2n) is 6.96. The van der Waals surface area contributed by atoms with Crippen LogP contribution in [0.15, 0.2) is 53.1 Å². The molecule has 0 N–H and O–H groups in total. The summed E-state index contributed by atoms with van der Waals surface area (Å²) in [5.74, 6) is 0.655. The molecule has 0 unspecified atom stereocenters. The molecule has 2 aromatic carbocycles. The standard InChI is InChI=1S/C21H24N4O/c1-16-7-9-18(10-8-16)20-22-21(26-23-20)25-13-11-24(12-14-25)15-19-6-4-3-5-17(19)2/h3-10H,11-15H2,1-2H3. The van der Waals surface area contributed by atoms with Crippen molar-refractivity contribution in [2.75, 3.05) is 31.1 Å². The average molecular weight is 348 g/mol. The van der Waals surface area contributed by atoms with Gasteiger partial charge in [-0.1, -0.05) is 59.3 Å². The molecule has 1 aliphatic heterocycles. The fourth-order valence-electron chi connectivity index (χ4n) is 3.29. The van der Waals surface area contributed by atoms with Gasteiger partial charge >= 0.3 is 6.01 Å². The van der Waals surface area contributed by atoms with Gasteiger partial charge in [-0.05, 0) is 25.0 Å². The third kappa shape index (κ3) is 3.63. The van der Waals surface area contributed by atoms with Crippen LogP contribution in [0.5, 0.6) is 0 Å². The molecule has 1 aliphatic rings. The van der Waals surface area contributed by atoms with E-state index in [0.29, 0.717) is 11.8 Å². The SMILES string of the molecule is Cc1ccc(-c2noc(N3CCN(Cc4ccccc4C)CC3)n2)cc1. The lowest BCUT2D eigenvalue weighted by atomic mass is 10.1. The van der Waals surface area contributed by atoms with E-state index in [9.17, 15) is 0 Å². The van der Waals surface area contributed by atoms with Gasteiger partial charge in [0.1, 0.15) is 0 Å². The molecule has 5 heteroatoms. The number of rotatable bonds is 4. The molecular weight excluding hydrogens is 324 g/mol. The minimum absolute atomic E-state index is 0.621. The highest BCUT2D eigenvalue weighted by atomic mass is 16.5. The predicted octanol–water partition coefficient (Wildman–Crippen LogP) is 3.68. The van der Waals surface area contributed by atoms with Crippen LogP contribution in [-0.2, 0) is 6.54 Å². The summed E-state index contributed by atoms with van der Waals surface area (Å²) in [6.45, 7) is 9.05. The Bertz CT molecular complexity index is 864. The van der Waals surface area contributed by atoms with Gasteiger partial charge in [0.15, 0.2) is 0 Å². The van der Waals surface area contributed by atoms with Crippen LogP contribution >= 0.6 is 0 Å². The molecule has 1 saturated heterocycles. The first kappa shape index (κ1) is 16.8. The molecule has 3 aromatic rings. The van der Waals surface area contributed by atoms with Crippen molar-refractivity contribution < 1.29 is 4.52 Å². The molecule has 1 fully saturated rings. The summed E-state index contributed by atoms with van der Waals surface area (Å²) < 4.78 is 5.51. The Morgan fingerprint density at radius 2 is 1.65 bits per heavy atom. The van der Waals surface area contributed by atoms with E-state index in [0.717, 1.165) is 38.3 Å². The van der Waals surface area contributed by atoms with Crippen molar-refractivity contribution >= 4 is 6.01 Å². The van der Waals surface area contributed by atoms with Crippen molar-refractivity contribution in [2.24, 2.45) is 0 Å². The van der Waals surface area contributed by atoms with Gasteiger partial charge in [0, 0.05) is 38.3 Å². The van der Waals surface area contributed by atoms with Gasteiger partial charge < -0.3 is 9.42 Å². The summed E-state index contributed by atoms with van der Waals surface area (Å²) in [5, 5.41) is 4.15. The van der Waals surface area contributed by atoms with Gasteiger partial charge in [-0.3, -0.25) is 4.90 Å². The Morgan fingerprint density at radius 1 is 0.923 bits per heavy atom. The zero-order chi connectivity index (χ0) is 17.9. The van der Waals surface area contributed by atoms with Crippen molar-refractivity contribution in [2.45, 2.75) is 20.4 Å². The topological polar surface area (TPSA) is 45.4 Å². The highest BCUT2D eigenvalue weighted by molar-refractivity contribution is 5.56. The summed E-state index contributed by atoms with van der Waals surface area (Å²) in [5.41, 5.74) is 4.97. The normalized spacial score (nSPS) is 15.4. The second-order valence-corrected chi connectivity index (χ2v) is 6.96. The summed E-state index contributed by atoms with van der Waals surface area (Å²) >= 11 is 0. The van der Waals surface area contributed by atoms with Crippen LogP contribution in [0.4, 0.5) is 6.01 Å². The van der Waals surface area contributed by atoms with Crippen LogP contribution < -0.4 is 4.90 Å². The van der Waals surface area contributed by atoms with Crippen LogP contribution in [0.25, 0.3) is 11.4 Å². The summed E-state index contributed by atoms with van der Waals surface area (Å²) in [7, 11) is 0. The monoisotopic (exact) mass is 348 g/mol. The molecule has 2 heterocycles. The molecule has 0 bridgehead atoms. The molecule has 0 amide bonds. The highest BCUT2D eigenvalue weighted by Crippen LogP contribution is 2.21. The van der Waals surface area contributed by atoms with Crippen LogP contribution in [0, 0.1) is 13.8 Å². The van der Waals surface area contributed by atoms with Crippen molar-refractivity contribution in [1.29, 1.82) is 0 Å². The second kappa shape index (κ2) is 7.30. The fraction of sp³-hybridized carbons (Fsp3) is 0.333. The number of aryl methyl sites for hydroxylation is 2. The minimum Gasteiger partial charge on any atom is -0.322 e. The lowest BCUT2D eigenvalue weighted by Crippen LogP contribution is -2.46. The van der Waals surface area contributed by atoms with Crippen molar-refractivity contribution in [3.05, 3.63) is 65.2 Å². The predicted molar refractivity (Wildman–Crippen MR) is 103 cm³/mol. The Labute approximate surface area is 154 Å². The summed E-state index contributed by atoms with van der Waals surface area (Å²) in [4.78, 5) is 9.25. The van der Waals surface area contributed by atoms with Crippen LogP contribution in [0.2, 0.25) is 0 Å². The lowest BCUT2D eigenvalue weighted by Gasteiger charge is -2.33. The number of piperazine rings is 1. The zero-order valence-corrected chi connectivity index (χ0v) is 15.4. The molecular formula is C21H24N4O. The maximum Gasteiger partial charge on any atom is 0.324 e. The third-order valence-corrected chi connectivity index (χ3v) is 5.02. The molecule has 0 aliphatic carbocycles. The molecule has 0 spiro atoms. The minimum atomic E-state index is 0.621. The Morgan fingerprint density at radius 3 is 2.38 bits per heavy atom. The van der Waals surface area contributed by atoms with Gasteiger partial charge in [0.05, 0.1) is 0 Å². The van der Waals surface area contributed by atoms with E-state index in [1.54, 1.807) is 0 Å². The first-order valence-corrected chi connectivity index (χ1v) is 9.11. The fourth-order valence-corrected chi connectivity index (χ4v) is 3.29. The van der Waals surface area contributed by atoms with E-state index in [-0.39, 0.29) is 0 Å². The number of nitrogens with zero attached hydrogens (tertiary/aromatic N) is 4. The number of hydrogen-bond donors (Lipinski definition) is 0. The largest absolute Gasteiger partial charge is 0.324 e. The summed E-state index contributed by atoms with van der Waals surface area (Å²) in [6, 6.07) is 17.4. The third-order valence-electron chi connectivity index (χ3n) is 5.02. The van der Waals surface area contributed by atoms with Gasteiger partial charge in [0.25, 0.3) is 0 Å². The average Bonchev–Trinajstić information content (AvgIpc) is 3.15. The highest BCUT2D eigenvalue weighted by Gasteiger charge is 2.22. The van der Waals surface area contributed by atoms with Crippen molar-refractivity contribution in [3.63, 3.8) is 0 Å². The molecule has 0 atom stereocenters. The molecule has 4 rings (SSSR count). The first-order valence-electron chi connectivity index (χ1n) is 9.11. The number of anilines is 1. The van der Waals surface area contributed by atoms with E-state index in [4.69, 9.17) is 4.52 Å². The van der Waals surface area contributed by atoms with E-state index < -0.39 is 0 Å². The molecule has 0 radical (unpaired) electrons. The van der Waals surface area contributed by atoms with E-state index in [1.807, 2.05) is 12.1 Å². The van der Waals surface area contributed by atoms with Crippen molar-refractivity contribution in [1.82, 2.24) is 15.0 Å². The molecule has 1 aromatic heterocycles. The van der Waals surface area contributed by atoms with Crippen molar-refractivity contribution in [3.8, 4) is 11.4 Å².